The van der Waals surface area contributed by atoms with Gasteiger partial charge in [0.1, 0.15) is 4.88 Å². The van der Waals surface area contributed by atoms with E-state index in [0.717, 1.165) is 28.2 Å². The molecule has 86 valence electrons. The Hall–Kier alpha value is -1.46. The summed E-state index contributed by atoms with van der Waals surface area (Å²) >= 11 is 2.81. The minimum atomic E-state index is -0.957. The molecule has 0 aliphatic heterocycles. The summed E-state index contributed by atoms with van der Waals surface area (Å²) in [4.78, 5) is 25.4. The van der Waals surface area contributed by atoms with Crippen LogP contribution in [-0.2, 0) is 12.8 Å². The van der Waals surface area contributed by atoms with Crippen molar-refractivity contribution < 1.29 is 14.7 Å². The van der Waals surface area contributed by atoms with Crippen LogP contribution in [0.1, 0.15) is 35.3 Å². The molecule has 1 aliphatic carbocycles. The quantitative estimate of drug-likeness (QED) is 0.861. The molecule has 0 saturated heterocycles. The van der Waals surface area contributed by atoms with Gasteiger partial charge in [0.15, 0.2) is 5.78 Å². The third kappa shape index (κ3) is 1.62. The highest BCUT2D eigenvalue weighted by Crippen LogP contribution is 2.32. The van der Waals surface area contributed by atoms with Crippen molar-refractivity contribution in [2.24, 2.45) is 0 Å². The third-order valence-electron chi connectivity index (χ3n) is 2.83. The summed E-state index contributed by atoms with van der Waals surface area (Å²) in [5, 5.41) is 10.9. The van der Waals surface area contributed by atoms with E-state index in [1.165, 1.54) is 17.4 Å². The lowest BCUT2D eigenvalue weighted by molar-refractivity contribution is 0.0702. The number of aromatic carboxylic acids is 1. The zero-order valence-electron chi connectivity index (χ0n) is 8.73. The average Bonchev–Trinajstić information content (AvgIpc) is 2.90. The number of carbonyl (C=O) groups is 2. The molecule has 0 fully saturated rings. The van der Waals surface area contributed by atoms with Gasteiger partial charge in [0.2, 0.25) is 0 Å². The molecule has 0 spiro atoms. The Bertz CT molecular complexity index is 621. The van der Waals surface area contributed by atoms with Crippen LogP contribution in [0.25, 0.3) is 0 Å². The van der Waals surface area contributed by atoms with Crippen LogP contribution in [0.4, 0.5) is 0 Å². The number of aryl methyl sites for hydroxylation is 2. The highest BCUT2D eigenvalue weighted by Gasteiger charge is 2.25. The fourth-order valence-corrected chi connectivity index (χ4v) is 3.89. The van der Waals surface area contributed by atoms with Crippen LogP contribution >= 0.6 is 22.7 Å². The van der Waals surface area contributed by atoms with E-state index in [4.69, 9.17) is 5.11 Å². The number of carboxylic acids is 1. The van der Waals surface area contributed by atoms with E-state index < -0.39 is 5.97 Å². The van der Waals surface area contributed by atoms with Gasteiger partial charge in [-0.3, -0.25) is 4.79 Å². The smallest absolute Gasteiger partial charge is 0.345 e. The van der Waals surface area contributed by atoms with Crippen LogP contribution in [-0.4, -0.2) is 16.9 Å². The molecule has 0 radical (unpaired) electrons. The van der Waals surface area contributed by atoms with Crippen LogP contribution in [0, 0.1) is 0 Å². The Morgan fingerprint density at radius 2 is 2.00 bits per heavy atom. The highest BCUT2D eigenvalue weighted by molar-refractivity contribution is 7.14. The summed E-state index contributed by atoms with van der Waals surface area (Å²) < 4.78 is 0. The molecular weight excluding hydrogens is 256 g/mol. The molecular formula is C12H8O3S2. The minimum absolute atomic E-state index is 0.0301. The third-order valence-corrected chi connectivity index (χ3v) is 5.00. The molecule has 5 heteroatoms. The molecule has 0 unspecified atom stereocenters. The van der Waals surface area contributed by atoms with Gasteiger partial charge in [0.25, 0.3) is 0 Å². The standard InChI is InChI=1S/C12H8O3S2/c13-11-6-3-4-16-8(6)1-2-9-7(11)5-10(17-9)12(14)15/h3-5H,1-2H2,(H,14,15). The van der Waals surface area contributed by atoms with Gasteiger partial charge in [-0.15, -0.1) is 22.7 Å². The topological polar surface area (TPSA) is 54.4 Å². The van der Waals surface area contributed by atoms with Crippen LogP contribution in [0.2, 0.25) is 0 Å². The number of thiophene rings is 2. The number of hydrogen-bond acceptors (Lipinski definition) is 4. The van der Waals surface area contributed by atoms with Gasteiger partial charge < -0.3 is 5.11 Å². The SMILES string of the molecule is O=C(O)c1cc2c(s1)CCc1sccc1C2=O. The first-order chi connectivity index (χ1) is 8.16. The predicted molar refractivity (Wildman–Crippen MR) is 66.4 cm³/mol. The van der Waals surface area contributed by atoms with E-state index in [2.05, 4.69) is 0 Å². The van der Waals surface area contributed by atoms with Gasteiger partial charge in [0, 0.05) is 20.9 Å². The van der Waals surface area contributed by atoms with Crippen molar-refractivity contribution in [1.29, 1.82) is 0 Å². The Labute approximate surface area is 105 Å². The molecule has 0 atom stereocenters. The summed E-state index contributed by atoms with van der Waals surface area (Å²) in [7, 11) is 0. The molecule has 3 rings (SSSR count). The molecule has 2 aromatic heterocycles. The number of carbonyl (C=O) groups excluding carboxylic acids is 1. The number of fused-ring (bicyclic) bond motifs is 2. The molecule has 3 nitrogen and oxygen atoms in total. The normalized spacial score (nSPS) is 14.0. The largest absolute Gasteiger partial charge is 0.477 e. The summed E-state index contributed by atoms with van der Waals surface area (Å²) in [6, 6.07) is 3.34. The van der Waals surface area contributed by atoms with Crippen LogP contribution in [0.15, 0.2) is 17.5 Å². The molecule has 0 aromatic carbocycles. The number of carboxylic acid groups (broad SMARTS) is 1. The second-order valence-electron chi connectivity index (χ2n) is 3.84. The zero-order chi connectivity index (χ0) is 12.0. The lowest BCUT2D eigenvalue weighted by atomic mass is 10.1. The molecule has 2 heterocycles. The maximum absolute atomic E-state index is 12.2. The van der Waals surface area contributed by atoms with E-state index in [0.29, 0.717) is 5.56 Å². The maximum Gasteiger partial charge on any atom is 0.345 e. The van der Waals surface area contributed by atoms with Crippen molar-refractivity contribution in [3.63, 3.8) is 0 Å². The average molecular weight is 264 g/mol. The minimum Gasteiger partial charge on any atom is -0.477 e. The fraction of sp³-hybridized carbons (Fsp3) is 0.167. The number of ketones is 1. The van der Waals surface area contributed by atoms with Crippen molar-refractivity contribution in [2.45, 2.75) is 12.8 Å². The van der Waals surface area contributed by atoms with Gasteiger partial charge in [-0.2, -0.15) is 0 Å². The van der Waals surface area contributed by atoms with E-state index in [1.54, 1.807) is 11.3 Å². The van der Waals surface area contributed by atoms with Crippen molar-refractivity contribution in [2.75, 3.05) is 0 Å². The second-order valence-corrected chi connectivity index (χ2v) is 5.98. The van der Waals surface area contributed by atoms with E-state index >= 15 is 0 Å². The molecule has 1 aliphatic rings. The molecule has 1 N–H and O–H groups in total. The highest BCUT2D eigenvalue weighted by atomic mass is 32.1. The Kier molecular flexibility index (Phi) is 2.38. The number of hydrogen-bond donors (Lipinski definition) is 1. The Morgan fingerprint density at radius 1 is 1.24 bits per heavy atom. The van der Waals surface area contributed by atoms with Crippen LogP contribution < -0.4 is 0 Å². The zero-order valence-corrected chi connectivity index (χ0v) is 10.4. The summed E-state index contributed by atoms with van der Waals surface area (Å²) in [5.41, 5.74) is 1.31. The summed E-state index contributed by atoms with van der Waals surface area (Å²) in [6.45, 7) is 0. The van der Waals surface area contributed by atoms with Gasteiger partial charge in [-0.1, -0.05) is 0 Å². The molecule has 0 amide bonds. The number of rotatable bonds is 1. The van der Waals surface area contributed by atoms with Crippen molar-refractivity contribution in [3.05, 3.63) is 43.3 Å². The first kappa shape index (κ1) is 10.7. The molecule has 0 bridgehead atoms. The van der Waals surface area contributed by atoms with Crippen LogP contribution in [0.3, 0.4) is 0 Å². The molecule has 17 heavy (non-hydrogen) atoms. The van der Waals surface area contributed by atoms with Gasteiger partial charge in [-0.05, 0) is 30.4 Å². The lowest BCUT2D eigenvalue weighted by Crippen LogP contribution is -2.00. The van der Waals surface area contributed by atoms with Gasteiger partial charge in [-0.25, -0.2) is 4.79 Å². The molecule has 0 saturated carbocycles. The van der Waals surface area contributed by atoms with E-state index in [-0.39, 0.29) is 10.7 Å². The van der Waals surface area contributed by atoms with E-state index in [9.17, 15) is 9.59 Å². The van der Waals surface area contributed by atoms with Crippen LogP contribution in [0.5, 0.6) is 0 Å². The Balaban J connectivity index is 2.15. The Morgan fingerprint density at radius 3 is 2.76 bits per heavy atom. The van der Waals surface area contributed by atoms with Gasteiger partial charge in [0.05, 0.1) is 0 Å². The summed E-state index contributed by atoms with van der Waals surface area (Å²) in [5.74, 6) is -0.987. The predicted octanol–water partition coefficient (Wildman–Crippen LogP) is 2.84. The molecule has 2 aromatic rings. The second kappa shape index (κ2) is 3.78. The first-order valence-electron chi connectivity index (χ1n) is 5.14. The van der Waals surface area contributed by atoms with Crippen molar-refractivity contribution >= 4 is 34.4 Å². The summed E-state index contributed by atoms with van der Waals surface area (Å²) in [6.07, 6.45) is 1.58. The van der Waals surface area contributed by atoms with E-state index in [1.807, 2.05) is 11.4 Å². The fourth-order valence-electron chi connectivity index (χ4n) is 2.02. The van der Waals surface area contributed by atoms with Crippen molar-refractivity contribution in [1.82, 2.24) is 0 Å². The first-order valence-corrected chi connectivity index (χ1v) is 6.83. The van der Waals surface area contributed by atoms with Gasteiger partial charge >= 0.3 is 5.97 Å². The monoisotopic (exact) mass is 264 g/mol. The maximum atomic E-state index is 12.2. The van der Waals surface area contributed by atoms with Crippen molar-refractivity contribution in [3.8, 4) is 0 Å². The lowest BCUT2D eigenvalue weighted by Gasteiger charge is -1.95.